The van der Waals surface area contributed by atoms with E-state index in [2.05, 4.69) is 41.6 Å². The van der Waals surface area contributed by atoms with Crippen molar-refractivity contribution in [2.24, 2.45) is 7.05 Å². The van der Waals surface area contributed by atoms with Gasteiger partial charge in [0.25, 0.3) is 0 Å². The number of nitrogens with one attached hydrogen (secondary N) is 1. The first-order valence-electron chi connectivity index (χ1n) is 7.14. The zero-order valence-corrected chi connectivity index (χ0v) is 11.7. The largest absolute Gasteiger partial charge is 0.310 e. The van der Waals surface area contributed by atoms with Gasteiger partial charge in [-0.3, -0.25) is 4.68 Å². The molecule has 0 saturated carbocycles. The van der Waals surface area contributed by atoms with Gasteiger partial charge in [0.1, 0.15) is 0 Å². The van der Waals surface area contributed by atoms with Crippen LogP contribution in [-0.2, 0) is 13.5 Å². The Morgan fingerprint density at radius 3 is 3.00 bits per heavy atom. The number of hydrogen-bond donors (Lipinski definition) is 1. The number of rotatable bonds is 4. The molecule has 3 nitrogen and oxygen atoms in total. The van der Waals surface area contributed by atoms with Crippen molar-refractivity contribution in [1.29, 1.82) is 0 Å². The summed E-state index contributed by atoms with van der Waals surface area (Å²) in [6.07, 6.45) is 5.46. The van der Waals surface area contributed by atoms with Crippen LogP contribution in [0.4, 0.5) is 0 Å². The lowest BCUT2D eigenvalue weighted by molar-refractivity contribution is 0.529. The van der Waals surface area contributed by atoms with E-state index >= 15 is 0 Å². The fourth-order valence-corrected chi connectivity index (χ4v) is 2.96. The van der Waals surface area contributed by atoms with Gasteiger partial charge in [0.2, 0.25) is 0 Å². The first-order chi connectivity index (χ1) is 9.29. The summed E-state index contributed by atoms with van der Waals surface area (Å²) in [5.74, 6) is 0. The van der Waals surface area contributed by atoms with Crippen molar-refractivity contribution in [3.63, 3.8) is 0 Å². The minimum atomic E-state index is 0.551. The maximum Gasteiger partial charge on any atom is 0.0678 e. The van der Waals surface area contributed by atoms with Crippen molar-refractivity contribution in [3.05, 3.63) is 41.6 Å². The highest BCUT2D eigenvalue weighted by atomic mass is 15.3. The summed E-state index contributed by atoms with van der Waals surface area (Å²) < 4.78 is 1.93. The average molecular weight is 255 g/mol. The molecule has 1 heterocycles. The molecule has 0 amide bonds. The van der Waals surface area contributed by atoms with Crippen molar-refractivity contribution in [3.8, 4) is 11.3 Å². The van der Waals surface area contributed by atoms with Crippen LogP contribution >= 0.6 is 0 Å². The minimum Gasteiger partial charge on any atom is -0.310 e. The number of benzene rings is 1. The van der Waals surface area contributed by atoms with E-state index in [4.69, 9.17) is 0 Å². The third-order valence-corrected chi connectivity index (χ3v) is 3.98. The molecule has 0 fully saturated rings. The number of nitrogens with zero attached hydrogens (tertiary/aromatic N) is 2. The van der Waals surface area contributed by atoms with E-state index < -0.39 is 0 Å². The SMILES string of the molecule is CCCNC1CCc2cc(-c3ccnn3C)ccc21. The van der Waals surface area contributed by atoms with Crippen LogP contribution in [0.5, 0.6) is 0 Å². The van der Waals surface area contributed by atoms with E-state index in [1.54, 1.807) is 0 Å². The number of hydrogen-bond acceptors (Lipinski definition) is 2. The van der Waals surface area contributed by atoms with E-state index in [0.29, 0.717) is 6.04 Å². The lowest BCUT2D eigenvalue weighted by atomic mass is 10.0. The summed E-state index contributed by atoms with van der Waals surface area (Å²) in [7, 11) is 1.99. The summed E-state index contributed by atoms with van der Waals surface area (Å²) in [6.45, 7) is 3.32. The highest BCUT2D eigenvalue weighted by Crippen LogP contribution is 2.34. The number of fused-ring (bicyclic) bond motifs is 1. The van der Waals surface area contributed by atoms with Crippen molar-refractivity contribution in [1.82, 2.24) is 15.1 Å². The highest BCUT2D eigenvalue weighted by molar-refractivity contribution is 5.62. The Kier molecular flexibility index (Phi) is 3.38. The molecule has 0 spiro atoms. The monoisotopic (exact) mass is 255 g/mol. The molecule has 1 aromatic carbocycles. The molecule has 3 heteroatoms. The molecule has 1 aromatic heterocycles. The van der Waals surface area contributed by atoms with Gasteiger partial charge in [-0.15, -0.1) is 0 Å². The van der Waals surface area contributed by atoms with E-state index in [1.165, 1.54) is 41.6 Å². The van der Waals surface area contributed by atoms with Crippen LogP contribution in [0.1, 0.15) is 36.9 Å². The van der Waals surface area contributed by atoms with Crippen LogP contribution < -0.4 is 5.32 Å². The standard InChI is InChI=1S/C16H21N3/c1-3-9-17-15-7-5-12-11-13(4-6-14(12)15)16-8-10-18-19(16)2/h4,6,8,10-11,15,17H,3,5,7,9H2,1-2H3. The van der Waals surface area contributed by atoms with Crippen LogP contribution in [0.25, 0.3) is 11.3 Å². The van der Waals surface area contributed by atoms with Crippen molar-refractivity contribution >= 4 is 0 Å². The fourth-order valence-electron chi connectivity index (χ4n) is 2.96. The van der Waals surface area contributed by atoms with Crippen LogP contribution in [-0.4, -0.2) is 16.3 Å². The topological polar surface area (TPSA) is 29.9 Å². The van der Waals surface area contributed by atoms with Crippen LogP contribution in [0.15, 0.2) is 30.5 Å². The van der Waals surface area contributed by atoms with Crippen molar-refractivity contribution in [2.45, 2.75) is 32.2 Å². The first kappa shape index (κ1) is 12.4. The molecular formula is C16H21N3. The first-order valence-corrected chi connectivity index (χ1v) is 7.14. The van der Waals surface area contributed by atoms with Gasteiger partial charge in [-0.05, 0) is 49.1 Å². The average Bonchev–Trinajstić information content (AvgIpc) is 3.02. The highest BCUT2D eigenvalue weighted by Gasteiger charge is 2.22. The summed E-state index contributed by atoms with van der Waals surface area (Å²) >= 11 is 0. The molecular weight excluding hydrogens is 234 g/mol. The van der Waals surface area contributed by atoms with Crippen molar-refractivity contribution < 1.29 is 0 Å². The van der Waals surface area contributed by atoms with Crippen LogP contribution in [0.3, 0.4) is 0 Å². The molecule has 100 valence electrons. The predicted molar refractivity (Wildman–Crippen MR) is 78.0 cm³/mol. The molecule has 0 radical (unpaired) electrons. The smallest absolute Gasteiger partial charge is 0.0678 e. The predicted octanol–water partition coefficient (Wildman–Crippen LogP) is 3.07. The Labute approximate surface area is 114 Å². The summed E-state index contributed by atoms with van der Waals surface area (Å²) in [5, 5.41) is 7.88. The van der Waals surface area contributed by atoms with Crippen molar-refractivity contribution in [2.75, 3.05) is 6.54 Å². The lowest BCUT2D eigenvalue weighted by Gasteiger charge is -2.13. The Hall–Kier alpha value is -1.61. The van der Waals surface area contributed by atoms with Gasteiger partial charge >= 0.3 is 0 Å². The van der Waals surface area contributed by atoms with E-state index in [9.17, 15) is 0 Å². The van der Waals surface area contributed by atoms with Gasteiger partial charge in [-0.2, -0.15) is 5.10 Å². The van der Waals surface area contributed by atoms with Gasteiger partial charge in [-0.1, -0.05) is 19.1 Å². The molecule has 0 saturated heterocycles. The Balaban J connectivity index is 1.88. The molecule has 2 aromatic rings. The molecule has 1 aliphatic carbocycles. The summed E-state index contributed by atoms with van der Waals surface area (Å²) in [5.41, 5.74) is 5.44. The molecule has 1 atom stereocenters. The van der Waals surface area contributed by atoms with E-state index in [1.807, 2.05) is 17.9 Å². The Morgan fingerprint density at radius 2 is 2.26 bits per heavy atom. The molecule has 3 rings (SSSR count). The second-order valence-corrected chi connectivity index (χ2v) is 5.30. The van der Waals surface area contributed by atoms with Gasteiger partial charge < -0.3 is 5.32 Å². The van der Waals surface area contributed by atoms with Crippen LogP contribution in [0, 0.1) is 0 Å². The lowest BCUT2D eigenvalue weighted by Crippen LogP contribution is -2.19. The molecule has 1 unspecified atom stereocenters. The quantitative estimate of drug-likeness (QED) is 0.910. The molecule has 1 aliphatic rings. The summed E-state index contributed by atoms with van der Waals surface area (Å²) in [4.78, 5) is 0. The zero-order valence-electron chi connectivity index (χ0n) is 11.7. The molecule has 19 heavy (non-hydrogen) atoms. The molecule has 1 N–H and O–H groups in total. The second-order valence-electron chi connectivity index (χ2n) is 5.30. The van der Waals surface area contributed by atoms with E-state index in [0.717, 1.165) is 6.54 Å². The number of aromatic nitrogens is 2. The normalized spacial score (nSPS) is 17.7. The maximum atomic E-state index is 4.25. The van der Waals surface area contributed by atoms with Gasteiger partial charge in [0.15, 0.2) is 0 Å². The molecule has 0 aliphatic heterocycles. The Bertz CT molecular complexity index is 571. The third-order valence-electron chi connectivity index (χ3n) is 3.98. The summed E-state index contributed by atoms with van der Waals surface area (Å²) in [6, 6.07) is 9.47. The van der Waals surface area contributed by atoms with Gasteiger partial charge in [0.05, 0.1) is 5.69 Å². The molecule has 0 bridgehead atoms. The van der Waals surface area contributed by atoms with Gasteiger partial charge in [0, 0.05) is 24.8 Å². The van der Waals surface area contributed by atoms with E-state index in [-0.39, 0.29) is 0 Å². The second kappa shape index (κ2) is 5.17. The fraction of sp³-hybridized carbons (Fsp3) is 0.438. The minimum absolute atomic E-state index is 0.551. The Morgan fingerprint density at radius 1 is 1.37 bits per heavy atom. The number of aryl methyl sites for hydroxylation is 2. The van der Waals surface area contributed by atoms with Gasteiger partial charge in [-0.25, -0.2) is 0 Å². The van der Waals surface area contributed by atoms with Crippen LogP contribution in [0.2, 0.25) is 0 Å². The third kappa shape index (κ3) is 2.30. The maximum absolute atomic E-state index is 4.25. The zero-order chi connectivity index (χ0) is 13.2.